The van der Waals surface area contributed by atoms with Crippen LogP contribution in [0.25, 0.3) is 0 Å². The third kappa shape index (κ3) is 7.95. The second kappa shape index (κ2) is 10.3. The van der Waals surface area contributed by atoms with Crippen molar-refractivity contribution in [2.24, 2.45) is 11.8 Å². The molecule has 1 heterocycles. The maximum Gasteiger partial charge on any atom is 0.490 e. The molecule has 8 nitrogen and oxygen atoms in total. The van der Waals surface area contributed by atoms with Crippen LogP contribution in [-0.2, 0) is 14.4 Å². The topological polar surface area (TPSA) is 136 Å². The van der Waals surface area contributed by atoms with E-state index in [1.165, 1.54) is 6.92 Å². The number of carboxylic acid groups (broad SMARTS) is 2. The summed E-state index contributed by atoms with van der Waals surface area (Å²) in [5.74, 6) is -4.10. The molecular weight excluding hydrogens is 373 g/mol. The molecule has 1 saturated heterocycles. The van der Waals surface area contributed by atoms with Gasteiger partial charge in [-0.2, -0.15) is 13.2 Å². The zero-order chi connectivity index (χ0) is 21.5. The fourth-order valence-corrected chi connectivity index (χ4v) is 2.66. The van der Waals surface area contributed by atoms with Crippen LogP contribution in [0.1, 0.15) is 27.2 Å². The first-order valence-electron chi connectivity index (χ1n) is 8.09. The maximum absolute atomic E-state index is 11.4. The summed E-state index contributed by atoms with van der Waals surface area (Å²) in [6.07, 6.45) is -3.75. The highest BCUT2D eigenvalue weighted by Gasteiger charge is 2.43. The summed E-state index contributed by atoms with van der Waals surface area (Å²) in [4.78, 5) is 31.4. The van der Waals surface area contributed by atoms with E-state index in [0.717, 1.165) is 0 Å². The van der Waals surface area contributed by atoms with Crippen molar-refractivity contribution in [2.75, 3.05) is 0 Å². The number of carboxylic acids is 2. The summed E-state index contributed by atoms with van der Waals surface area (Å²) < 4.78 is 31.7. The van der Waals surface area contributed by atoms with Gasteiger partial charge in [-0.1, -0.05) is 19.9 Å². The van der Waals surface area contributed by atoms with Crippen LogP contribution in [0.4, 0.5) is 13.2 Å². The number of aliphatic carboxylic acids is 2. The van der Waals surface area contributed by atoms with Gasteiger partial charge in [-0.3, -0.25) is 14.9 Å². The predicted octanol–water partition coefficient (Wildman–Crippen LogP) is 0.759. The zero-order valence-electron chi connectivity index (χ0n) is 15.2. The van der Waals surface area contributed by atoms with Crippen LogP contribution < -0.4 is 10.6 Å². The molecule has 1 rings (SSSR count). The van der Waals surface area contributed by atoms with E-state index < -0.39 is 36.3 Å². The Morgan fingerprint density at radius 2 is 1.74 bits per heavy atom. The Bertz CT molecular complexity index is 553. The number of aliphatic hydroxyl groups is 1. The van der Waals surface area contributed by atoms with E-state index in [2.05, 4.69) is 17.2 Å². The Kier molecular flexibility index (Phi) is 9.45. The number of aliphatic hydroxyl groups excluding tert-OH is 1. The van der Waals surface area contributed by atoms with Crippen molar-refractivity contribution in [3.63, 3.8) is 0 Å². The number of carbonyl (C=O) groups excluding carboxylic acids is 1. The highest BCUT2D eigenvalue weighted by atomic mass is 19.4. The molecular formula is C16H25F3N2O6. The molecule has 0 spiro atoms. The fraction of sp³-hybridized carbons (Fsp3) is 0.688. The fourth-order valence-electron chi connectivity index (χ4n) is 2.66. The average molecular weight is 398 g/mol. The minimum atomic E-state index is -5.08. The molecule has 0 bridgehead atoms. The molecule has 5 atom stereocenters. The summed E-state index contributed by atoms with van der Waals surface area (Å²) >= 11 is 0. The summed E-state index contributed by atoms with van der Waals surface area (Å²) in [5.41, 5.74) is 0. The second-order valence-corrected chi connectivity index (χ2v) is 6.48. The third-order valence-electron chi connectivity index (χ3n) is 4.01. The van der Waals surface area contributed by atoms with Crippen molar-refractivity contribution in [1.29, 1.82) is 0 Å². The van der Waals surface area contributed by atoms with Gasteiger partial charge in [-0.15, -0.1) is 6.58 Å². The Morgan fingerprint density at radius 1 is 1.26 bits per heavy atom. The van der Waals surface area contributed by atoms with Crippen LogP contribution in [0.3, 0.4) is 0 Å². The Labute approximate surface area is 154 Å². The van der Waals surface area contributed by atoms with E-state index in [-0.39, 0.29) is 23.8 Å². The Morgan fingerprint density at radius 3 is 2.04 bits per heavy atom. The Hall–Kier alpha value is -2.14. The lowest BCUT2D eigenvalue weighted by atomic mass is 9.87. The van der Waals surface area contributed by atoms with E-state index in [1.807, 2.05) is 13.8 Å². The standard InChI is InChI=1S/C14H24N2O4.C2HF3O2/c1-5-9-6-10(14(19)20)16-11(9)12(15-8(4)17)13(18)7(2)3;3-2(4,5)1(6)7/h5,7,9-13,16,18H,1,6H2,2-4H3,(H,15,17)(H,19,20);(H,6,7)/t9-,10?,11-,12?,13+;/m1./s1. The average Bonchev–Trinajstić information content (AvgIpc) is 2.95. The number of hydrogen-bond acceptors (Lipinski definition) is 5. The largest absolute Gasteiger partial charge is 0.490 e. The molecule has 0 aromatic heterocycles. The number of carbonyl (C=O) groups is 3. The number of rotatable bonds is 6. The lowest BCUT2D eigenvalue weighted by molar-refractivity contribution is -0.192. The van der Waals surface area contributed by atoms with Crippen LogP contribution in [-0.4, -0.2) is 63.6 Å². The van der Waals surface area contributed by atoms with E-state index >= 15 is 0 Å². The molecule has 156 valence electrons. The van der Waals surface area contributed by atoms with Gasteiger partial charge in [0.05, 0.1) is 12.1 Å². The van der Waals surface area contributed by atoms with E-state index in [0.29, 0.717) is 6.42 Å². The molecule has 27 heavy (non-hydrogen) atoms. The highest BCUT2D eigenvalue weighted by Crippen LogP contribution is 2.27. The quantitative estimate of drug-likeness (QED) is 0.417. The molecule has 1 fully saturated rings. The van der Waals surface area contributed by atoms with Crippen molar-refractivity contribution in [1.82, 2.24) is 10.6 Å². The molecule has 0 radical (unpaired) electrons. The monoisotopic (exact) mass is 398 g/mol. The van der Waals surface area contributed by atoms with Gasteiger partial charge in [0.2, 0.25) is 5.91 Å². The van der Waals surface area contributed by atoms with Gasteiger partial charge >= 0.3 is 18.1 Å². The van der Waals surface area contributed by atoms with Crippen LogP contribution in [0.5, 0.6) is 0 Å². The highest BCUT2D eigenvalue weighted by molar-refractivity contribution is 5.75. The molecule has 1 amide bonds. The van der Waals surface area contributed by atoms with Crippen LogP contribution >= 0.6 is 0 Å². The molecule has 1 aliphatic rings. The number of halogens is 3. The minimum Gasteiger partial charge on any atom is -0.480 e. The molecule has 5 N–H and O–H groups in total. The third-order valence-corrected chi connectivity index (χ3v) is 4.01. The normalized spacial score (nSPS) is 24.4. The first-order chi connectivity index (χ1) is 12.2. The molecule has 11 heteroatoms. The number of amides is 1. The van der Waals surface area contributed by atoms with Gasteiger partial charge in [0.15, 0.2) is 0 Å². The van der Waals surface area contributed by atoms with Crippen LogP contribution in [0, 0.1) is 11.8 Å². The lowest BCUT2D eigenvalue weighted by Crippen LogP contribution is -2.57. The van der Waals surface area contributed by atoms with Crippen LogP contribution in [0.2, 0.25) is 0 Å². The maximum atomic E-state index is 11.4. The molecule has 0 aromatic carbocycles. The first kappa shape index (κ1) is 24.9. The van der Waals surface area contributed by atoms with Gasteiger partial charge in [-0.25, -0.2) is 4.79 Å². The molecule has 0 aliphatic carbocycles. The first-order valence-corrected chi connectivity index (χ1v) is 8.09. The van der Waals surface area contributed by atoms with Crippen molar-refractivity contribution < 1.29 is 42.9 Å². The van der Waals surface area contributed by atoms with Crippen molar-refractivity contribution in [3.05, 3.63) is 12.7 Å². The number of hydrogen-bond donors (Lipinski definition) is 5. The van der Waals surface area contributed by atoms with Crippen molar-refractivity contribution in [3.8, 4) is 0 Å². The van der Waals surface area contributed by atoms with Gasteiger partial charge < -0.3 is 20.6 Å². The number of nitrogens with one attached hydrogen (secondary N) is 2. The van der Waals surface area contributed by atoms with Crippen LogP contribution in [0.15, 0.2) is 12.7 Å². The van der Waals surface area contributed by atoms with E-state index in [1.54, 1.807) is 6.08 Å². The molecule has 1 aliphatic heterocycles. The summed E-state index contributed by atoms with van der Waals surface area (Å²) in [6.45, 7) is 8.81. The summed E-state index contributed by atoms with van der Waals surface area (Å²) in [5, 5.41) is 32.3. The zero-order valence-corrected chi connectivity index (χ0v) is 15.2. The van der Waals surface area contributed by atoms with Gasteiger partial charge in [0.1, 0.15) is 6.04 Å². The SMILES string of the molecule is C=C[C@@H]1CC(C(=O)O)N[C@H]1C(NC(C)=O)[C@@H](O)C(C)C.O=C(O)C(F)(F)F. The summed E-state index contributed by atoms with van der Waals surface area (Å²) in [7, 11) is 0. The molecule has 0 saturated carbocycles. The minimum absolute atomic E-state index is 0.0528. The molecule has 2 unspecified atom stereocenters. The second-order valence-electron chi connectivity index (χ2n) is 6.48. The van der Waals surface area contributed by atoms with Crippen molar-refractivity contribution >= 4 is 17.8 Å². The Balaban J connectivity index is 0.000000821. The molecule has 0 aromatic rings. The summed E-state index contributed by atoms with van der Waals surface area (Å²) in [6, 6.07) is -1.56. The smallest absolute Gasteiger partial charge is 0.480 e. The van der Waals surface area contributed by atoms with E-state index in [4.69, 9.17) is 15.0 Å². The van der Waals surface area contributed by atoms with Gasteiger partial charge in [0, 0.05) is 13.0 Å². The van der Waals surface area contributed by atoms with Gasteiger partial charge in [-0.05, 0) is 18.3 Å². The lowest BCUT2D eigenvalue weighted by Gasteiger charge is -2.33. The predicted molar refractivity (Wildman–Crippen MR) is 88.8 cm³/mol. The van der Waals surface area contributed by atoms with Crippen molar-refractivity contribution in [2.45, 2.75) is 57.6 Å². The number of alkyl halides is 3. The van der Waals surface area contributed by atoms with E-state index in [9.17, 15) is 27.9 Å². The van der Waals surface area contributed by atoms with Gasteiger partial charge in [0.25, 0.3) is 0 Å².